The van der Waals surface area contributed by atoms with Crippen LogP contribution in [0.5, 0.6) is 0 Å². The summed E-state index contributed by atoms with van der Waals surface area (Å²) in [7, 11) is 0. The molecule has 0 unspecified atom stereocenters. The van der Waals surface area contributed by atoms with Crippen LogP contribution in [0.3, 0.4) is 0 Å². The lowest BCUT2D eigenvalue weighted by Gasteiger charge is -2.01. The Morgan fingerprint density at radius 2 is 2.38 bits per heavy atom. The quantitative estimate of drug-likeness (QED) is 0.533. The molecule has 3 N–H and O–H groups in total. The Balaban J connectivity index is 3.03. The van der Waals surface area contributed by atoms with Gasteiger partial charge >= 0.3 is 0 Å². The maximum Gasteiger partial charge on any atom is 0.0709 e. The molecule has 0 radical (unpaired) electrons. The van der Waals surface area contributed by atoms with E-state index in [0.29, 0.717) is 0 Å². The van der Waals surface area contributed by atoms with Crippen LogP contribution in [0, 0.1) is 0 Å². The SMILES string of the molecule is CC/C=C/N[C@H](C)N. The smallest absolute Gasteiger partial charge is 0.0709 e. The molecule has 48 valence electrons. The van der Waals surface area contributed by atoms with Crippen LogP contribution >= 0.6 is 0 Å². The van der Waals surface area contributed by atoms with Gasteiger partial charge in [0.05, 0.1) is 6.17 Å². The average Bonchev–Trinajstić information content (AvgIpc) is 1.66. The minimum atomic E-state index is 0.0674. The molecule has 0 aliphatic rings. The van der Waals surface area contributed by atoms with Gasteiger partial charge in [-0.15, -0.1) is 0 Å². The van der Waals surface area contributed by atoms with Gasteiger partial charge in [-0.25, -0.2) is 0 Å². The highest BCUT2D eigenvalue weighted by molar-refractivity contribution is 4.78. The Morgan fingerprint density at radius 3 is 2.75 bits per heavy atom. The van der Waals surface area contributed by atoms with Gasteiger partial charge in [0.2, 0.25) is 0 Å². The van der Waals surface area contributed by atoms with E-state index >= 15 is 0 Å². The summed E-state index contributed by atoms with van der Waals surface area (Å²) in [5.74, 6) is 0. The first kappa shape index (κ1) is 7.50. The van der Waals surface area contributed by atoms with Crippen molar-refractivity contribution in [2.24, 2.45) is 5.73 Å². The van der Waals surface area contributed by atoms with Crippen LogP contribution in [-0.2, 0) is 0 Å². The molecule has 2 heteroatoms. The highest BCUT2D eigenvalue weighted by Gasteiger charge is 1.80. The molecular formula is C6H14N2. The Kier molecular flexibility index (Phi) is 4.36. The Hall–Kier alpha value is -0.500. The van der Waals surface area contributed by atoms with Gasteiger partial charge in [-0.1, -0.05) is 13.0 Å². The van der Waals surface area contributed by atoms with E-state index in [2.05, 4.69) is 12.2 Å². The number of nitrogens with two attached hydrogens (primary N) is 1. The van der Waals surface area contributed by atoms with Crippen molar-refractivity contribution < 1.29 is 0 Å². The highest BCUT2D eigenvalue weighted by atomic mass is 15.0. The molecule has 0 saturated heterocycles. The lowest BCUT2D eigenvalue weighted by Crippen LogP contribution is -2.29. The first-order valence-electron chi connectivity index (χ1n) is 2.94. The summed E-state index contributed by atoms with van der Waals surface area (Å²) < 4.78 is 0. The van der Waals surface area contributed by atoms with Crippen molar-refractivity contribution in [3.63, 3.8) is 0 Å². The van der Waals surface area contributed by atoms with Crippen LogP contribution in [0.25, 0.3) is 0 Å². The zero-order valence-corrected chi connectivity index (χ0v) is 5.52. The molecule has 2 nitrogen and oxygen atoms in total. The molecule has 0 aromatic rings. The third-order valence-corrected chi connectivity index (χ3v) is 0.713. The summed E-state index contributed by atoms with van der Waals surface area (Å²) in [6, 6.07) is 0. The van der Waals surface area contributed by atoms with Gasteiger partial charge in [0.1, 0.15) is 0 Å². The van der Waals surface area contributed by atoms with Crippen LogP contribution < -0.4 is 11.1 Å². The van der Waals surface area contributed by atoms with Crippen molar-refractivity contribution in [2.45, 2.75) is 26.4 Å². The van der Waals surface area contributed by atoms with Crippen molar-refractivity contribution in [2.75, 3.05) is 0 Å². The molecule has 0 heterocycles. The van der Waals surface area contributed by atoms with Crippen molar-refractivity contribution in [1.82, 2.24) is 5.32 Å². The van der Waals surface area contributed by atoms with Gasteiger partial charge in [0.15, 0.2) is 0 Å². The monoisotopic (exact) mass is 114 g/mol. The van der Waals surface area contributed by atoms with E-state index in [9.17, 15) is 0 Å². The van der Waals surface area contributed by atoms with E-state index in [1.54, 1.807) is 0 Å². The minimum Gasteiger partial charge on any atom is -0.376 e. The summed E-state index contributed by atoms with van der Waals surface area (Å²) in [4.78, 5) is 0. The van der Waals surface area contributed by atoms with Gasteiger partial charge in [-0.05, 0) is 19.5 Å². The fourth-order valence-electron chi connectivity index (χ4n) is 0.338. The Morgan fingerprint density at radius 1 is 1.75 bits per heavy atom. The third kappa shape index (κ3) is 5.50. The lowest BCUT2D eigenvalue weighted by molar-refractivity contribution is 0.669. The number of hydrogen-bond donors (Lipinski definition) is 2. The van der Waals surface area contributed by atoms with E-state index in [4.69, 9.17) is 5.73 Å². The topological polar surface area (TPSA) is 38.0 Å². The van der Waals surface area contributed by atoms with Crippen molar-refractivity contribution in [3.05, 3.63) is 12.3 Å². The van der Waals surface area contributed by atoms with Crippen molar-refractivity contribution in [1.29, 1.82) is 0 Å². The number of nitrogens with one attached hydrogen (secondary N) is 1. The van der Waals surface area contributed by atoms with Crippen LogP contribution in [0.4, 0.5) is 0 Å². The molecule has 0 bridgehead atoms. The molecule has 8 heavy (non-hydrogen) atoms. The van der Waals surface area contributed by atoms with E-state index in [0.717, 1.165) is 6.42 Å². The molecule has 0 spiro atoms. The normalized spacial score (nSPS) is 14.4. The van der Waals surface area contributed by atoms with Gasteiger partial charge in [-0.2, -0.15) is 0 Å². The van der Waals surface area contributed by atoms with Gasteiger partial charge in [0.25, 0.3) is 0 Å². The van der Waals surface area contributed by atoms with Crippen LogP contribution in [0.2, 0.25) is 0 Å². The fourth-order valence-corrected chi connectivity index (χ4v) is 0.338. The summed E-state index contributed by atoms with van der Waals surface area (Å²) in [5.41, 5.74) is 5.37. The molecule has 0 aromatic carbocycles. The van der Waals surface area contributed by atoms with E-state index < -0.39 is 0 Å². The molecule has 0 aliphatic heterocycles. The predicted molar refractivity (Wildman–Crippen MR) is 36.2 cm³/mol. The molecule has 0 rings (SSSR count). The molecule has 0 aliphatic carbocycles. The number of allylic oxidation sites excluding steroid dienone is 1. The molecule has 1 atom stereocenters. The van der Waals surface area contributed by atoms with Crippen molar-refractivity contribution >= 4 is 0 Å². The summed E-state index contributed by atoms with van der Waals surface area (Å²) in [6.07, 6.45) is 5.03. The summed E-state index contributed by atoms with van der Waals surface area (Å²) in [5, 5.41) is 2.94. The predicted octanol–water partition coefficient (Wildman–Crippen LogP) is 0.804. The van der Waals surface area contributed by atoms with E-state index in [1.807, 2.05) is 19.2 Å². The second kappa shape index (κ2) is 4.65. The number of hydrogen-bond acceptors (Lipinski definition) is 2. The molecule has 0 amide bonds. The zero-order chi connectivity index (χ0) is 6.41. The largest absolute Gasteiger partial charge is 0.376 e. The molecule has 0 aromatic heterocycles. The Labute approximate surface area is 50.8 Å². The van der Waals surface area contributed by atoms with Crippen molar-refractivity contribution in [3.8, 4) is 0 Å². The van der Waals surface area contributed by atoms with Crippen LogP contribution in [0.15, 0.2) is 12.3 Å². The number of rotatable bonds is 3. The molecule has 0 fully saturated rings. The summed E-state index contributed by atoms with van der Waals surface area (Å²) in [6.45, 7) is 3.99. The first-order valence-corrected chi connectivity index (χ1v) is 2.94. The van der Waals surface area contributed by atoms with Gasteiger partial charge in [-0.3, -0.25) is 0 Å². The second-order valence-electron chi connectivity index (χ2n) is 1.77. The fraction of sp³-hybridized carbons (Fsp3) is 0.667. The second-order valence-corrected chi connectivity index (χ2v) is 1.77. The van der Waals surface area contributed by atoms with Crippen LogP contribution in [-0.4, -0.2) is 6.17 Å². The van der Waals surface area contributed by atoms with E-state index in [1.165, 1.54) is 0 Å². The van der Waals surface area contributed by atoms with Crippen LogP contribution in [0.1, 0.15) is 20.3 Å². The third-order valence-electron chi connectivity index (χ3n) is 0.713. The first-order chi connectivity index (χ1) is 3.77. The van der Waals surface area contributed by atoms with E-state index in [-0.39, 0.29) is 6.17 Å². The maximum absolute atomic E-state index is 5.37. The van der Waals surface area contributed by atoms with Gasteiger partial charge < -0.3 is 11.1 Å². The Bertz CT molecular complexity index is 66.9. The molecular weight excluding hydrogens is 100 g/mol. The summed E-state index contributed by atoms with van der Waals surface area (Å²) >= 11 is 0. The standard InChI is InChI=1S/C6H14N2/c1-3-4-5-8-6(2)7/h4-6,8H,3,7H2,1-2H3/b5-4+/t6-/m1/s1. The molecule has 0 saturated carbocycles. The maximum atomic E-state index is 5.37. The highest BCUT2D eigenvalue weighted by Crippen LogP contribution is 1.75. The lowest BCUT2D eigenvalue weighted by atomic mass is 10.5. The minimum absolute atomic E-state index is 0.0674. The zero-order valence-electron chi connectivity index (χ0n) is 5.52. The average molecular weight is 114 g/mol. The van der Waals surface area contributed by atoms with Gasteiger partial charge in [0, 0.05) is 0 Å².